The van der Waals surface area contributed by atoms with E-state index < -0.39 is 0 Å². The van der Waals surface area contributed by atoms with E-state index in [2.05, 4.69) is 36.0 Å². The Labute approximate surface area is 252 Å². The number of H-pyrrole nitrogens is 1. The SMILES string of the molecule is C[C@H](CCC(=O)N=Nc1c(O)[nH]c2c(Cl)cc(Cl)cc12)[C@@H]1CC[C@@H]2[C@H]3[C@H](O)C[C@H]4C[C@@H](O)CC[C@]4(C)[C@@H]3CC[C@@]21C. The van der Waals surface area contributed by atoms with Gasteiger partial charge in [0.25, 0.3) is 5.91 Å². The number of benzene rings is 1. The highest BCUT2D eigenvalue weighted by molar-refractivity contribution is 6.38. The van der Waals surface area contributed by atoms with Crippen LogP contribution >= 0.6 is 23.2 Å². The number of hydrogen-bond acceptors (Lipinski definition) is 5. The number of hydrogen-bond donors (Lipinski definition) is 4. The molecule has 0 aliphatic heterocycles. The number of aromatic amines is 1. The second-order valence-corrected chi connectivity index (χ2v) is 15.0. The number of halogens is 2. The molecule has 224 valence electrons. The summed E-state index contributed by atoms with van der Waals surface area (Å²) in [5.74, 6) is 2.13. The lowest BCUT2D eigenvalue weighted by Gasteiger charge is -2.62. The molecule has 4 aliphatic rings. The molecule has 1 aromatic carbocycles. The van der Waals surface area contributed by atoms with Gasteiger partial charge in [0, 0.05) is 16.8 Å². The first kappa shape index (κ1) is 29.4. The Morgan fingerprint density at radius 3 is 2.59 bits per heavy atom. The fourth-order valence-electron chi connectivity index (χ4n) is 10.2. The monoisotopic (exact) mass is 603 g/mol. The molecule has 7 nitrogen and oxygen atoms in total. The van der Waals surface area contributed by atoms with Crippen LogP contribution in [0.3, 0.4) is 0 Å². The van der Waals surface area contributed by atoms with E-state index in [1.165, 1.54) is 6.42 Å². The zero-order chi connectivity index (χ0) is 29.3. The molecule has 2 aromatic rings. The van der Waals surface area contributed by atoms with Crippen LogP contribution in [0, 0.1) is 46.3 Å². The van der Waals surface area contributed by atoms with Crippen LogP contribution in [0.15, 0.2) is 22.4 Å². The van der Waals surface area contributed by atoms with E-state index in [-0.39, 0.29) is 40.5 Å². The van der Waals surface area contributed by atoms with Crippen LogP contribution < -0.4 is 0 Å². The summed E-state index contributed by atoms with van der Waals surface area (Å²) < 4.78 is 0. The summed E-state index contributed by atoms with van der Waals surface area (Å²) in [4.78, 5) is 15.5. The molecule has 10 atom stereocenters. The van der Waals surface area contributed by atoms with Gasteiger partial charge in [0.2, 0.25) is 5.88 Å². The fraction of sp³-hybridized carbons (Fsp3) is 0.719. The Morgan fingerprint density at radius 1 is 1.07 bits per heavy atom. The number of nitrogens with one attached hydrogen (secondary N) is 1. The fourth-order valence-corrected chi connectivity index (χ4v) is 10.7. The van der Waals surface area contributed by atoms with Crippen LogP contribution in [0.2, 0.25) is 10.0 Å². The van der Waals surface area contributed by atoms with Gasteiger partial charge in [-0.15, -0.1) is 10.2 Å². The van der Waals surface area contributed by atoms with E-state index in [1.807, 2.05) is 0 Å². The van der Waals surface area contributed by atoms with Gasteiger partial charge in [-0.1, -0.05) is 44.0 Å². The molecule has 0 spiro atoms. The maximum atomic E-state index is 12.8. The van der Waals surface area contributed by atoms with Crippen LogP contribution in [-0.4, -0.2) is 38.4 Å². The number of carbonyl (C=O) groups excluding carboxylic acids is 1. The second-order valence-electron chi connectivity index (χ2n) is 14.2. The molecule has 1 heterocycles. The van der Waals surface area contributed by atoms with Crippen LogP contribution in [0.5, 0.6) is 5.88 Å². The zero-order valence-electron chi connectivity index (χ0n) is 24.2. The number of nitrogens with zero attached hydrogens (tertiary/aromatic N) is 2. The van der Waals surface area contributed by atoms with Crippen molar-refractivity contribution in [1.82, 2.24) is 4.98 Å². The topological polar surface area (TPSA) is 118 Å². The van der Waals surface area contributed by atoms with Gasteiger partial charge in [-0.25, -0.2) is 0 Å². The van der Waals surface area contributed by atoms with Crippen molar-refractivity contribution >= 4 is 45.7 Å². The van der Waals surface area contributed by atoms with Gasteiger partial charge in [0.05, 0.1) is 22.7 Å². The number of aliphatic hydroxyl groups is 2. The Balaban J connectivity index is 1.11. The molecule has 4 fully saturated rings. The second kappa shape index (κ2) is 10.8. The Morgan fingerprint density at radius 2 is 1.80 bits per heavy atom. The summed E-state index contributed by atoms with van der Waals surface area (Å²) in [6.07, 6.45) is 8.76. The molecule has 0 saturated heterocycles. The first-order chi connectivity index (χ1) is 19.4. The van der Waals surface area contributed by atoms with Gasteiger partial charge in [0.15, 0.2) is 5.69 Å². The molecular formula is C32H43Cl2N3O4. The van der Waals surface area contributed by atoms with Crippen molar-refractivity contribution in [2.45, 2.75) is 97.2 Å². The minimum atomic E-state index is -0.316. The van der Waals surface area contributed by atoms with Gasteiger partial charge in [-0.3, -0.25) is 4.79 Å². The molecular weight excluding hydrogens is 561 g/mol. The summed E-state index contributed by atoms with van der Waals surface area (Å²) >= 11 is 12.3. The van der Waals surface area contributed by atoms with Crippen molar-refractivity contribution in [1.29, 1.82) is 0 Å². The van der Waals surface area contributed by atoms with E-state index in [0.29, 0.717) is 62.9 Å². The van der Waals surface area contributed by atoms with Gasteiger partial charge >= 0.3 is 0 Å². The minimum Gasteiger partial charge on any atom is -0.493 e. The van der Waals surface area contributed by atoms with Crippen LogP contribution in [-0.2, 0) is 4.79 Å². The van der Waals surface area contributed by atoms with Gasteiger partial charge in [-0.05, 0) is 116 Å². The molecule has 4 saturated carbocycles. The number of fused-ring (bicyclic) bond motifs is 6. The number of aliphatic hydroxyl groups excluding tert-OH is 2. The van der Waals surface area contributed by atoms with E-state index in [9.17, 15) is 20.1 Å². The normalized spacial score (nSPS) is 39.4. The average Bonchev–Trinajstić information content (AvgIpc) is 3.43. The molecule has 0 radical (unpaired) electrons. The van der Waals surface area contributed by atoms with Crippen molar-refractivity contribution < 1.29 is 20.1 Å². The zero-order valence-corrected chi connectivity index (χ0v) is 25.8. The van der Waals surface area contributed by atoms with Crippen LogP contribution in [0.1, 0.15) is 85.0 Å². The summed E-state index contributed by atoms with van der Waals surface area (Å²) in [5, 5.41) is 41.4. The highest BCUT2D eigenvalue weighted by Gasteiger charge is 2.62. The number of aromatic hydroxyl groups is 1. The summed E-state index contributed by atoms with van der Waals surface area (Å²) in [5.41, 5.74) is 1.04. The van der Waals surface area contributed by atoms with Crippen molar-refractivity contribution in [2.75, 3.05) is 0 Å². The molecule has 1 amide bonds. The predicted molar refractivity (Wildman–Crippen MR) is 161 cm³/mol. The highest BCUT2D eigenvalue weighted by atomic mass is 35.5. The van der Waals surface area contributed by atoms with Crippen molar-refractivity contribution in [2.24, 2.45) is 56.6 Å². The molecule has 0 unspecified atom stereocenters. The Hall–Kier alpha value is -1.67. The van der Waals surface area contributed by atoms with Gasteiger partial charge in [0.1, 0.15) is 0 Å². The third-order valence-corrected chi connectivity index (χ3v) is 12.8. The molecule has 6 rings (SSSR count). The van der Waals surface area contributed by atoms with Crippen molar-refractivity contribution in [3.63, 3.8) is 0 Å². The van der Waals surface area contributed by atoms with E-state index in [4.69, 9.17) is 23.2 Å². The average molecular weight is 605 g/mol. The number of aromatic nitrogens is 1. The molecule has 4 N–H and O–H groups in total. The number of carbonyl (C=O) groups is 1. The maximum Gasteiger partial charge on any atom is 0.264 e. The highest BCUT2D eigenvalue weighted by Crippen LogP contribution is 2.68. The third-order valence-electron chi connectivity index (χ3n) is 12.3. The summed E-state index contributed by atoms with van der Waals surface area (Å²) in [6, 6.07) is 3.20. The molecule has 0 bridgehead atoms. The predicted octanol–water partition coefficient (Wildman–Crippen LogP) is 8.20. The standard InChI is InChI=1S/C32H43Cl2N3O4/c1-16(4-7-26(40)36-37-29-20-14-18(33)15-24(34)28(20)35-30(29)41)21-5-6-22-27-23(9-11-32(21,22)3)31(2)10-8-19(38)12-17(31)13-25(27)39/h14-17,19,21-23,25,27,35,38-39,41H,4-13H2,1-3H3/t16-,17-,19+,21+,22-,23-,25-,27-,31+,32-/m1/s1. The molecule has 9 heteroatoms. The lowest BCUT2D eigenvalue weighted by Crippen LogP contribution is -2.58. The smallest absolute Gasteiger partial charge is 0.264 e. The first-order valence-electron chi connectivity index (χ1n) is 15.4. The maximum absolute atomic E-state index is 12.8. The summed E-state index contributed by atoms with van der Waals surface area (Å²) in [7, 11) is 0. The van der Waals surface area contributed by atoms with Crippen molar-refractivity contribution in [3.05, 3.63) is 22.2 Å². The van der Waals surface area contributed by atoms with Crippen molar-refractivity contribution in [3.8, 4) is 5.88 Å². The largest absolute Gasteiger partial charge is 0.493 e. The minimum absolute atomic E-state index is 0.156. The van der Waals surface area contributed by atoms with Gasteiger partial charge in [-0.2, -0.15) is 0 Å². The van der Waals surface area contributed by atoms with E-state index in [1.54, 1.807) is 12.1 Å². The third kappa shape index (κ3) is 4.93. The number of azo groups is 1. The lowest BCUT2D eigenvalue weighted by molar-refractivity contribution is -0.174. The van der Waals surface area contributed by atoms with Crippen LogP contribution in [0.4, 0.5) is 5.69 Å². The number of amides is 1. The first-order valence-corrected chi connectivity index (χ1v) is 16.2. The Bertz CT molecular complexity index is 1360. The number of rotatable bonds is 5. The van der Waals surface area contributed by atoms with Gasteiger partial charge < -0.3 is 20.3 Å². The van der Waals surface area contributed by atoms with Crippen LogP contribution in [0.25, 0.3) is 10.9 Å². The quantitative estimate of drug-likeness (QED) is 0.257. The lowest BCUT2D eigenvalue weighted by atomic mass is 9.43. The van der Waals surface area contributed by atoms with E-state index in [0.717, 1.165) is 51.4 Å². The molecule has 1 aromatic heterocycles. The molecule has 4 aliphatic carbocycles. The molecule has 41 heavy (non-hydrogen) atoms. The Kier molecular flexibility index (Phi) is 7.74. The van der Waals surface area contributed by atoms with E-state index >= 15 is 0 Å². The summed E-state index contributed by atoms with van der Waals surface area (Å²) in [6.45, 7) is 7.16.